The van der Waals surface area contributed by atoms with Crippen LogP contribution in [0.15, 0.2) is 55.1 Å². The standard InChI is InChI=1S/C26H33N5/c1-5-10-22-17-20(13-14-21(22)6-2)18-31(4)19-25-29-24-12-8-7-11-23(24)26(30-25)28-16-9-15-27-3/h5-8,10-14,17,27H,2,9,15-16,18-19H2,1,3-4H3,(H,28,29,30)/b10-5-. The van der Waals surface area contributed by atoms with E-state index in [0.717, 1.165) is 54.2 Å². The molecule has 0 saturated carbocycles. The first-order valence-corrected chi connectivity index (χ1v) is 10.8. The Hall–Kier alpha value is -3.02. The lowest BCUT2D eigenvalue weighted by Crippen LogP contribution is -2.20. The fourth-order valence-electron chi connectivity index (χ4n) is 3.64. The lowest BCUT2D eigenvalue weighted by atomic mass is 10.0. The predicted octanol–water partition coefficient (Wildman–Crippen LogP) is 4.96. The van der Waals surface area contributed by atoms with Crippen LogP contribution >= 0.6 is 0 Å². The Kier molecular flexibility index (Phi) is 8.33. The molecule has 5 nitrogen and oxygen atoms in total. The summed E-state index contributed by atoms with van der Waals surface area (Å²) in [5.41, 5.74) is 4.57. The zero-order valence-electron chi connectivity index (χ0n) is 18.9. The largest absolute Gasteiger partial charge is 0.369 e. The van der Waals surface area contributed by atoms with Crippen LogP contribution in [0.25, 0.3) is 23.1 Å². The number of benzene rings is 2. The van der Waals surface area contributed by atoms with Crippen LogP contribution in [0.4, 0.5) is 5.82 Å². The van der Waals surface area contributed by atoms with Gasteiger partial charge in [-0.25, -0.2) is 9.97 Å². The van der Waals surface area contributed by atoms with Crippen molar-refractivity contribution in [2.24, 2.45) is 0 Å². The number of anilines is 1. The second-order valence-corrected chi connectivity index (χ2v) is 7.73. The predicted molar refractivity (Wildman–Crippen MR) is 133 cm³/mol. The Balaban J connectivity index is 1.76. The summed E-state index contributed by atoms with van der Waals surface area (Å²) in [7, 11) is 4.08. The van der Waals surface area contributed by atoms with Gasteiger partial charge in [0.15, 0.2) is 0 Å². The maximum absolute atomic E-state index is 4.85. The molecule has 162 valence electrons. The van der Waals surface area contributed by atoms with E-state index in [0.29, 0.717) is 6.54 Å². The Morgan fingerprint density at radius 1 is 1.03 bits per heavy atom. The highest BCUT2D eigenvalue weighted by Crippen LogP contribution is 2.21. The number of para-hydroxylation sites is 1. The van der Waals surface area contributed by atoms with E-state index in [1.807, 2.05) is 32.2 Å². The Bertz CT molecular complexity index is 1040. The van der Waals surface area contributed by atoms with Crippen LogP contribution in [0.3, 0.4) is 0 Å². The molecule has 0 aliphatic heterocycles. The number of aromatic nitrogens is 2. The van der Waals surface area contributed by atoms with E-state index in [4.69, 9.17) is 9.97 Å². The number of fused-ring (bicyclic) bond motifs is 1. The quantitative estimate of drug-likeness (QED) is 0.434. The van der Waals surface area contributed by atoms with Gasteiger partial charge in [0, 0.05) is 18.5 Å². The fourth-order valence-corrected chi connectivity index (χ4v) is 3.64. The molecule has 1 aromatic heterocycles. The van der Waals surface area contributed by atoms with Crippen molar-refractivity contribution < 1.29 is 0 Å². The van der Waals surface area contributed by atoms with Crippen molar-refractivity contribution in [2.75, 3.05) is 32.5 Å². The van der Waals surface area contributed by atoms with Crippen molar-refractivity contribution in [1.82, 2.24) is 20.2 Å². The van der Waals surface area contributed by atoms with E-state index in [1.54, 1.807) is 0 Å². The molecule has 2 aromatic carbocycles. The Labute approximate surface area is 185 Å². The van der Waals surface area contributed by atoms with Gasteiger partial charge in [0.25, 0.3) is 0 Å². The third-order valence-electron chi connectivity index (χ3n) is 5.13. The minimum atomic E-state index is 0.679. The molecule has 0 saturated heterocycles. The van der Waals surface area contributed by atoms with Crippen LogP contribution in [-0.4, -0.2) is 42.1 Å². The highest BCUT2D eigenvalue weighted by molar-refractivity contribution is 5.88. The second-order valence-electron chi connectivity index (χ2n) is 7.73. The summed E-state index contributed by atoms with van der Waals surface area (Å²) < 4.78 is 0. The summed E-state index contributed by atoms with van der Waals surface area (Å²) in [6.07, 6.45) is 7.12. The molecule has 0 fully saturated rings. The van der Waals surface area contributed by atoms with Gasteiger partial charge in [-0.05, 0) is 68.9 Å². The normalized spacial score (nSPS) is 11.5. The smallest absolute Gasteiger partial charge is 0.145 e. The molecule has 31 heavy (non-hydrogen) atoms. The van der Waals surface area contributed by atoms with Crippen molar-refractivity contribution in [3.8, 4) is 0 Å². The van der Waals surface area contributed by atoms with E-state index < -0.39 is 0 Å². The van der Waals surface area contributed by atoms with Gasteiger partial charge in [-0.1, -0.05) is 49.1 Å². The third-order valence-corrected chi connectivity index (χ3v) is 5.13. The van der Waals surface area contributed by atoms with Gasteiger partial charge in [0.2, 0.25) is 0 Å². The van der Waals surface area contributed by atoms with E-state index in [1.165, 1.54) is 11.1 Å². The van der Waals surface area contributed by atoms with Gasteiger partial charge in [0.1, 0.15) is 11.6 Å². The molecule has 0 bridgehead atoms. The highest BCUT2D eigenvalue weighted by atomic mass is 15.1. The van der Waals surface area contributed by atoms with Gasteiger partial charge in [-0.2, -0.15) is 0 Å². The maximum atomic E-state index is 4.85. The van der Waals surface area contributed by atoms with Gasteiger partial charge < -0.3 is 10.6 Å². The number of nitrogens with zero attached hydrogens (tertiary/aromatic N) is 3. The van der Waals surface area contributed by atoms with Crippen molar-refractivity contribution in [1.29, 1.82) is 0 Å². The van der Waals surface area contributed by atoms with Gasteiger partial charge >= 0.3 is 0 Å². The minimum Gasteiger partial charge on any atom is -0.369 e. The molecule has 5 heteroatoms. The zero-order chi connectivity index (χ0) is 22.1. The molecule has 0 atom stereocenters. The van der Waals surface area contributed by atoms with Crippen LogP contribution in [0, 0.1) is 0 Å². The summed E-state index contributed by atoms with van der Waals surface area (Å²) in [6, 6.07) is 14.7. The number of nitrogens with one attached hydrogen (secondary N) is 2. The van der Waals surface area contributed by atoms with Crippen LogP contribution < -0.4 is 10.6 Å². The van der Waals surface area contributed by atoms with E-state index in [9.17, 15) is 0 Å². The van der Waals surface area contributed by atoms with Crippen molar-refractivity contribution in [3.05, 3.63) is 77.6 Å². The van der Waals surface area contributed by atoms with Crippen LogP contribution in [0.1, 0.15) is 35.9 Å². The second kappa shape index (κ2) is 11.4. The average Bonchev–Trinajstić information content (AvgIpc) is 2.77. The monoisotopic (exact) mass is 415 g/mol. The van der Waals surface area contributed by atoms with Crippen LogP contribution in [0.5, 0.6) is 0 Å². The van der Waals surface area contributed by atoms with Gasteiger partial charge in [-0.15, -0.1) is 0 Å². The first-order valence-electron chi connectivity index (χ1n) is 10.8. The lowest BCUT2D eigenvalue weighted by molar-refractivity contribution is 0.311. The van der Waals surface area contributed by atoms with Crippen molar-refractivity contribution in [2.45, 2.75) is 26.4 Å². The summed E-state index contributed by atoms with van der Waals surface area (Å²) in [6.45, 7) is 9.30. The summed E-state index contributed by atoms with van der Waals surface area (Å²) in [4.78, 5) is 11.9. The molecule has 0 aliphatic carbocycles. The summed E-state index contributed by atoms with van der Waals surface area (Å²) in [5, 5.41) is 7.74. The van der Waals surface area contributed by atoms with Crippen LogP contribution in [0.2, 0.25) is 0 Å². The molecule has 0 spiro atoms. The molecule has 0 aliphatic rings. The van der Waals surface area contributed by atoms with Gasteiger partial charge in [0.05, 0.1) is 12.1 Å². The van der Waals surface area contributed by atoms with E-state index in [-0.39, 0.29) is 0 Å². The SMILES string of the molecule is C=Cc1ccc(CN(C)Cc2nc(NCCCNC)c3ccccc3n2)cc1/C=C\C. The lowest BCUT2D eigenvalue weighted by Gasteiger charge is -2.18. The van der Waals surface area contributed by atoms with Gasteiger partial charge in [-0.3, -0.25) is 4.90 Å². The average molecular weight is 416 g/mol. The summed E-state index contributed by atoms with van der Waals surface area (Å²) in [5.74, 6) is 1.74. The van der Waals surface area contributed by atoms with Crippen LogP contribution in [-0.2, 0) is 13.1 Å². The molecule has 1 heterocycles. The number of hydrogen-bond acceptors (Lipinski definition) is 5. The molecule has 3 rings (SSSR count). The maximum Gasteiger partial charge on any atom is 0.145 e. The zero-order valence-corrected chi connectivity index (χ0v) is 18.9. The first kappa shape index (κ1) is 22.7. The summed E-state index contributed by atoms with van der Waals surface area (Å²) >= 11 is 0. The molecular weight excluding hydrogens is 382 g/mol. The first-order chi connectivity index (χ1) is 15.1. The highest BCUT2D eigenvalue weighted by Gasteiger charge is 2.10. The fraction of sp³-hybridized carbons (Fsp3) is 0.308. The topological polar surface area (TPSA) is 53.1 Å². The molecule has 0 unspecified atom stereocenters. The minimum absolute atomic E-state index is 0.679. The van der Waals surface area contributed by atoms with Crippen molar-refractivity contribution >= 4 is 28.9 Å². The van der Waals surface area contributed by atoms with E-state index >= 15 is 0 Å². The molecule has 0 radical (unpaired) electrons. The molecule has 3 aromatic rings. The number of hydrogen-bond donors (Lipinski definition) is 2. The number of allylic oxidation sites excluding steroid dienone is 1. The van der Waals surface area contributed by atoms with E-state index in [2.05, 4.69) is 71.6 Å². The number of rotatable bonds is 11. The molecule has 2 N–H and O–H groups in total. The Morgan fingerprint density at radius 3 is 2.65 bits per heavy atom. The molecule has 0 amide bonds. The Morgan fingerprint density at radius 2 is 1.87 bits per heavy atom. The third kappa shape index (κ3) is 6.23. The molecular formula is C26H33N5. The van der Waals surface area contributed by atoms with Crippen molar-refractivity contribution in [3.63, 3.8) is 0 Å².